The lowest BCUT2D eigenvalue weighted by atomic mass is 10.3. The second-order valence-corrected chi connectivity index (χ2v) is 5.51. The molecular formula is C12H16ClN3O. The number of halogens is 1. The predicted octanol–water partition coefficient (Wildman–Crippen LogP) is 2.01. The second kappa shape index (κ2) is 4.33. The Bertz CT molecular complexity index is 465. The van der Waals surface area contributed by atoms with Crippen LogP contribution in [0, 0.1) is 5.92 Å². The molecule has 0 amide bonds. The van der Waals surface area contributed by atoms with Crippen molar-refractivity contribution >= 4 is 17.4 Å². The largest absolute Gasteiger partial charge is 0.364 e. The Labute approximate surface area is 105 Å². The van der Waals surface area contributed by atoms with Crippen molar-refractivity contribution < 1.29 is 0 Å². The zero-order valence-corrected chi connectivity index (χ0v) is 10.4. The van der Waals surface area contributed by atoms with Gasteiger partial charge in [-0.25, -0.2) is 4.98 Å². The van der Waals surface area contributed by atoms with Crippen molar-refractivity contribution in [1.29, 1.82) is 0 Å². The topological polar surface area (TPSA) is 46.9 Å². The molecule has 1 atom stereocenters. The van der Waals surface area contributed by atoms with Crippen molar-refractivity contribution in [2.45, 2.75) is 37.1 Å². The molecule has 0 aliphatic heterocycles. The molecule has 5 heteroatoms. The first kappa shape index (κ1) is 11.1. The van der Waals surface area contributed by atoms with Gasteiger partial charge in [0.25, 0.3) is 5.56 Å². The maximum atomic E-state index is 12.0. The van der Waals surface area contributed by atoms with Gasteiger partial charge in [0.05, 0.1) is 5.38 Å². The van der Waals surface area contributed by atoms with Gasteiger partial charge in [0.15, 0.2) is 5.82 Å². The third kappa shape index (κ3) is 2.46. The molecule has 0 aromatic carbocycles. The molecular weight excluding hydrogens is 238 g/mol. The van der Waals surface area contributed by atoms with E-state index in [1.165, 1.54) is 12.8 Å². The van der Waals surface area contributed by atoms with Crippen LogP contribution in [0.15, 0.2) is 17.2 Å². The van der Waals surface area contributed by atoms with E-state index in [9.17, 15) is 4.79 Å². The van der Waals surface area contributed by atoms with Gasteiger partial charge in [-0.15, -0.1) is 11.6 Å². The first-order chi connectivity index (χ1) is 8.25. The van der Waals surface area contributed by atoms with Crippen molar-refractivity contribution in [3.63, 3.8) is 0 Å². The van der Waals surface area contributed by atoms with Crippen LogP contribution in [0.2, 0.25) is 0 Å². The van der Waals surface area contributed by atoms with E-state index in [0.29, 0.717) is 24.3 Å². The van der Waals surface area contributed by atoms with Crippen LogP contribution in [-0.2, 0) is 0 Å². The molecule has 4 nitrogen and oxygen atoms in total. The molecule has 2 aliphatic rings. The summed E-state index contributed by atoms with van der Waals surface area (Å²) in [5.74, 6) is 1.06. The van der Waals surface area contributed by atoms with Crippen molar-refractivity contribution in [3.05, 3.63) is 22.7 Å². The molecule has 2 fully saturated rings. The number of hydrogen-bond acceptors (Lipinski definition) is 3. The SMILES string of the molecule is O=c1c(NCC(Cl)C2CC2)nccn1C1CC1. The summed E-state index contributed by atoms with van der Waals surface area (Å²) in [5.41, 5.74) is -0.0188. The van der Waals surface area contributed by atoms with E-state index in [4.69, 9.17) is 11.6 Å². The van der Waals surface area contributed by atoms with E-state index in [1.807, 2.05) is 0 Å². The van der Waals surface area contributed by atoms with Crippen LogP contribution in [0.1, 0.15) is 31.7 Å². The van der Waals surface area contributed by atoms with Crippen LogP contribution in [0.3, 0.4) is 0 Å². The van der Waals surface area contributed by atoms with Gasteiger partial charge >= 0.3 is 0 Å². The number of aromatic nitrogens is 2. The van der Waals surface area contributed by atoms with E-state index in [1.54, 1.807) is 17.0 Å². The summed E-state index contributed by atoms with van der Waals surface area (Å²) in [6.45, 7) is 0.628. The van der Waals surface area contributed by atoms with Crippen molar-refractivity contribution in [3.8, 4) is 0 Å². The molecule has 1 aromatic heterocycles. The van der Waals surface area contributed by atoms with Gasteiger partial charge in [-0.1, -0.05) is 0 Å². The normalized spacial score (nSPS) is 21.2. The van der Waals surface area contributed by atoms with Gasteiger partial charge in [0, 0.05) is 25.0 Å². The maximum absolute atomic E-state index is 12.0. The summed E-state index contributed by atoms with van der Waals surface area (Å²) in [6.07, 6.45) is 8.08. The molecule has 1 heterocycles. The van der Waals surface area contributed by atoms with E-state index < -0.39 is 0 Å². The number of nitrogens with one attached hydrogen (secondary N) is 1. The summed E-state index contributed by atoms with van der Waals surface area (Å²) in [4.78, 5) is 16.1. The number of anilines is 1. The van der Waals surface area contributed by atoms with Crippen molar-refractivity contribution in [1.82, 2.24) is 9.55 Å². The minimum atomic E-state index is -0.0188. The average molecular weight is 254 g/mol. The first-order valence-electron chi connectivity index (χ1n) is 6.21. The first-order valence-corrected chi connectivity index (χ1v) is 6.64. The van der Waals surface area contributed by atoms with Crippen LogP contribution >= 0.6 is 11.6 Å². The Morgan fingerprint density at radius 2 is 2.24 bits per heavy atom. The van der Waals surface area contributed by atoms with Crippen molar-refractivity contribution in [2.24, 2.45) is 5.92 Å². The summed E-state index contributed by atoms with van der Waals surface area (Å²) < 4.78 is 1.77. The fourth-order valence-electron chi connectivity index (χ4n) is 2.01. The molecule has 1 unspecified atom stereocenters. The van der Waals surface area contributed by atoms with E-state index in [0.717, 1.165) is 12.8 Å². The minimum absolute atomic E-state index is 0.0188. The highest BCUT2D eigenvalue weighted by Gasteiger charge is 2.30. The lowest BCUT2D eigenvalue weighted by Crippen LogP contribution is -2.26. The lowest BCUT2D eigenvalue weighted by Gasteiger charge is -2.11. The number of hydrogen-bond donors (Lipinski definition) is 1. The van der Waals surface area contributed by atoms with Gasteiger partial charge in [-0.3, -0.25) is 4.79 Å². The summed E-state index contributed by atoms with van der Waals surface area (Å²) in [6, 6.07) is 0.390. The van der Waals surface area contributed by atoms with E-state index in [2.05, 4.69) is 10.3 Å². The average Bonchev–Trinajstić information content (AvgIpc) is 3.18. The van der Waals surface area contributed by atoms with Gasteiger partial charge in [-0.05, 0) is 31.6 Å². The Hall–Kier alpha value is -1.03. The zero-order chi connectivity index (χ0) is 11.8. The van der Waals surface area contributed by atoms with Crippen molar-refractivity contribution in [2.75, 3.05) is 11.9 Å². The summed E-state index contributed by atoms with van der Waals surface area (Å²) >= 11 is 6.20. The highest BCUT2D eigenvalue weighted by Crippen LogP contribution is 2.35. The summed E-state index contributed by atoms with van der Waals surface area (Å²) in [5, 5.41) is 3.20. The molecule has 92 valence electrons. The Morgan fingerprint density at radius 1 is 1.47 bits per heavy atom. The van der Waals surface area contributed by atoms with Crippen LogP contribution in [0.4, 0.5) is 5.82 Å². The molecule has 0 bridgehead atoms. The molecule has 17 heavy (non-hydrogen) atoms. The third-order valence-corrected chi connectivity index (χ3v) is 3.92. The predicted molar refractivity (Wildman–Crippen MR) is 67.6 cm³/mol. The number of nitrogens with zero attached hydrogens (tertiary/aromatic N) is 2. The molecule has 3 rings (SSSR count). The molecule has 0 spiro atoms. The Balaban J connectivity index is 1.69. The van der Waals surface area contributed by atoms with Gasteiger partial charge in [0.1, 0.15) is 0 Å². The second-order valence-electron chi connectivity index (χ2n) is 4.95. The van der Waals surface area contributed by atoms with E-state index >= 15 is 0 Å². The Kier molecular flexibility index (Phi) is 2.82. The monoisotopic (exact) mass is 253 g/mol. The molecule has 1 N–H and O–H groups in total. The molecule has 2 saturated carbocycles. The van der Waals surface area contributed by atoms with Gasteiger partial charge < -0.3 is 9.88 Å². The highest BCUT2D eigenvalue weighted by atomic mass is 35.5. The number of alkyl halides is 1. The molecule has 0 saturated heterocycles. The van der Waals surface area contributed by atoms with Gasteiger partial charge in [-0.2, -0.15) is 0 Å². The fraction of sp³-hybridized carbons (Fsp3) is 0.667. The number of rotatable bonds is 5. The highest BCUT2D eigenvalue weighted by molar-refractivity contribution is 6.21. The molecule has 1 aromatic rings. The standard InChI is InChI=1S/C12H16ClN3O/c13-10(8-1-2-8)7-15-11-12(17)16(6-5-14-11)9-3-4-9/h5-6,8-10H,1-4,7H2,(H,14,15). The van der Waals surface area contributed by atoms with Crippen LogP contribution < -0.4 is 10.9 Å². The van der Waals surface area contributed by atoms with Crippen LogP contribution in [-0.4, -0.2) is 21.5 Å². The minimum Gasteiger partial charge on any atom is -0.364 e. The van der Waals surface area contributed by atoms with Crippen LogP contribution in [0.5, 0.6) is 0 Å². The van der Waals surface area contributed by atoms with Crippen LogP contribution in [0.25, 0.3) is 0 Å². The summed E-state index contributed by atoms with van der Waals surface area (Å²) in [7, 11) is 0. The lowest BCUT2D eigenvalue weighted by molar-refractivity contribution is 0.696. The smallest absolute Gasteiger partial charge is 0.293 e. The zero-order valence-electron chi connectivity index (χ0n) is 9.60. The Morgan fingerprint density at radius 3 is 2.88 bits per heavy atom. The van der Waals surface area contributed by atoms with Gasteiger partial charge in [0.2, 0.25) is 0 Å². The maximum Gasteiger partial charge on any atom is 0.293 e. The third-order valence-electron chi connectivity index (χ3n) is 3.41. The fourth-order valence-corrected chi connectivity index (χ4v) is 2.33. The van der Waals surface area contributed by atoms with E-state index in [-0.39, 0.29) is 10.9 Å². The molecule has 0 radical (unpaired) electrons. The molecule has 2 aliphatic carbocycles. The quantitative estimate of drug-likeness (QED) is 0.817.